The summed E-state index contributed by atoms with van der Waals surface area (Å²) in [4.78, 5) is 29.7. The molecule has 7 nitrogen and oxygen atoms in total. The third-order valence-corrected chi connectivity index (χ3v) is 5.85. The summed E-state index contributed by atoms with van der Waals surface area (Å²) < 4.78 is 10.9. The molecule has 1 atom stereocenters. The molecule has 2 fully saturated rings. The Morgan fingerprint density at radius 3 is 2.60 bits per heavy atom. The van der Waals surface area contributed by atoms with Crippen LogP contribution in [0.25, 0.3) is 0 Å². The van der Waals surface area contributed by atoms with Crippen molar-refractivity contribution in [2.45, 2.75) is 24.9 Å². The lowest BCUT2D eigenvalue weighted by atomic mass is 9.94. The van der Waals surface area contributed by atoms with Crippen molar-refractivity contribution < 1.29 is 19.1 Å². The normalized spacial score (nSPS) is 21.6. The molecule has 1 N–H and O–H groups in total. The molecule has 0 radical (unpaired) electrons. The number of amides is 3. The Kier molecular flexibility index (Phi) is 5.90. The first-order chi connectivity index (χ1) is 14.6. The largest absolute Gasteiger partial charge is 0.497 e. The van der Waals surface area contributed by atoms with Gasteiger partial charge in [0.2, 0.25) is 5.91 Å². The molecule has 2 aromatic carbocycles. The number of hydrogen-bond acceptors (Lipinski definition) is 4. The topological polar surface area (TPSA) is 71.1 Å². The van der Waals surface area contributed by atoms with Crippen molar-refractivity contribution in [2.24, 2.45) is 0 Å². The van der Waals surface area contributed by atoms with E-state index in [4.69, 9.17) is 9.47 Å². The van der Waals surface area contributed by atoms with Crippen LogP contribution in [-0.4, -0.2) is 60.7 Å². The van der Waals surface area contributed by atoms with Crippen LogP contribution >= 0.6 is 0 Å². The maximum absolute atomic E-state index is 13.1. The molecule has 1 spiro atoms. The number of nitrogens with zero attached hydrogens (tertiary/aromatic N) is 2. The minimum Gasteiger partial charge on any atom is -0.497 e. The second-order valence-corrected chi connectivity index (χ2v) is 7.82. The molecule has 0 aliphatic carbocycles. The summed E-state index contributed by atoms with van der Waals surface area (Å²) in [7, 11) is 1.60. The number of benzene rings is 2. The number of anilines is 1. The SMILES string of the molecule is COc1ccc(NC(=O)N2CCC(=O)N(Cc3ccccc3)C3(CCOC3)C2)cc1. The maximum atomic E-state index is 13.1. The van der Waals surface area contributed by atoms with Gasteiger partial charge in [-0.1, -0.05) is 30.3 Å². The van der Waals surface area contributed by atoms with Crippen LogP contribution in [0.1, 0.15) is 18.4 Å². The Labute approximate surface area is 176 Å². The van der Waals surface area contributed by atoms with E-state index in [2.05, 4.69) is 5.32 Å². The Bertz CT molecular complexity index is 879. The third-order valence-electron chi connectivity index (χ3n) is 5.85. The van der Waals surface area contributed by atoms with Crippen molar-refractivity contribution in [3.05, 3.63) is 60.2 Å². The summed E-state index contributed by atoms with van der Waals surface area (Å²) in [5.41, 5.74) is 1.27. The summed E-state index contributed by atoms with van der Waals surface area (Å²) in [6.45, 7) is 2.39. The van der Waals surface area contributed by atoms with Gasteiger partial charge in [-0.3, -0.25) is 4.79 Å². The van der Waals surface area contributed by atoms with Crippen molar-refractivity contribution in [2.75, 3.05) is 38.7 Å². The van der Waals surface area contributed by atoms with E-state index in [9.17, 15) is 9.59 Å². The highest BCUT2D eigenvalue weighted by molar-refractivity contribution is 5.90. The second-order valence-electron chi connectivity index (χ2n) is 7.82. The number of rotatable bonds is 4. The number of nitrogens with one attached hydrogen (secondary N) is 1. The fourth-order valence-corrected chi connectivity index (χ4v) is 4.16. The molecule has 2 aliphatic heterocycles. The highest BCUT2D eigenvalue weighted by Gasteiger charge is 2.47. The van der Waals surface area contributed by atoms with E-state index < -0.39 is 5.54 Å². The fourth-order valence-electron chi connectivity index (χ4n) is 4.16. The maximum Gasteiger partial charge on any atom is 0.321 e. The first-order valence-corrected chi connectivity index (χ1v) is 10.2. The molecule has 2 aliphatic rings. The number of ether oxygens (including phenoxy) is 2. The first-order valence-electron chi connectivity index (χ1n) is 10.2. The van der Waals surface area contributed by atoms with E-state index in [-0.39, 0.29) is 11.9 Å². The van der Waals surface area contributed by atoms with Crippen molar-refractivity contribution in [1.82, 2.24) is 9.80 Å². The number of carbonyl (C=O) groups excluding carboxylic acids is 2. The van der Waals surface area contributed by atoms with Crippen molar-refractivity contribution in [3.63, 3.8) is 0 Å². The molecule has 7 heteroatoms. The van der Waals surface area contributed by atoms with Gasteiger partial charge in [0.15, 0.2) is 0 Å². The highest BCUT2D eigenvalue weighted by Crippen LogP contribution is 2.32. The molecule has 0 saturated carbocycles. The molecule has 4 rings (SSSR count). The molecule has 2 heterocycles. The van der Waals surface area contributed by atoms with Gasteiger partial charge in [-0.05, 0) is 36.2 Å². The lowest BCUT2D eigenvalue weighted by Gasteiger charge is -2.40. The minimum absolute atomic E-state index is 0.0594. The van der Waals surface area contributed by atoms with Gasteiger partial charge < -0.3 is 24.6 Å². The molecule has 3 amide bonds. The highest BCUT2D eigenvalue weighted by atomic mass is 16.5. The Hall–Kier alpha value is -3.06. The molecular weight excluding hydrogens is 382 g/mol. The molecule has 0 bridgehead atoms. The predicted molar refractivity (Wildman–Crippen MR) is 113 cm³/mol. The van der Waals surface area contributed by atoms with E-state index >= 15 is 0 Å². The van der Waals surface area contributed by atoms with E-state index in [0.29, 0.717) is 45.0 Å². The first kappa shape index (κ1) is 20.2. The fraction of sp³-hybridized carbons (Fsp3) is 0.391. The quantitative estimate of drug-likeness (QED) is 0.842. The molecule has 0 aromatic heterocycles. The molecule has 1 unspecified atom stereocenters. The van der Waals surface area contributed by atoms with Gasteiger partial charge in [0.25, 0.3) is 0 Å². The van der Waals surface area contributed by atoms with Crippen LogP contribution in [0.15, 0.2) is 54.6 Å². The van der Waals surface area contributed by atoms with Crippen LogP contribution in [0.3, 0.4) is 0 Å². The zero-order chi connectivity index (χ0) is 21.0. The number of methoxy groups -OCH3 is 1. The molecular formula is C23H27N3O4. The second kappa shape index (κ2) is 8.75. The lowest BCUT2D eigenvalue weighted by molar-refractivity contribution is -0.137. The third kappa shape index (κ3) is 4.26. The Morgan fingerprint density at radius 2 is 1.93 bits per heavy atom. The van der Waals surface area contributed by atoms with Gasteiger partial charge in [0, 0.05) is 38.3 Å². The number of carbonyl (C=O) groups is 2. The smallest absolute Gasteiger partial charge is 0.321 e. The zero-order valence-corrected chi connectivity index (χ0v) is 17.2. The number of urea groups is 1. The summed E-state index contributed by atoms with van der Waals surface area (Å²) in [6, 6.07) is 17.0. The van der Waals surface area contributed by atoms with Gasteiger partial charge in [0.1, 0.15) is 5.75 Å². The van der Waals surface area contributed by atoms with Gasteiger partial charge >= 0.3 is 6.03 Å². The molecule has 2 aromatic rings. The molecule has 30 heavy (non-hydrogen) atoms. The van der Waals surface area contributed by atoms with E-state index in [1.54, 1.807) is 36.3 Å². The van der Waals surface area contributed by atoms with Crippen LogP contribution in [0.2, 0.25) is 0 Å². The van der Waals surface area contributed by atoms with Crippen LogP contribution in [0.4, 0.5) is 10.5 Å². The average molecular weight is 409 g/mol. The van der Waals surface area contributed by atoms with Gasteiger partial charge in [-0.2, -0.15) is 0 Å². The summed E-state index contributed by atoms with van der Waals surface area (Å²) in [5, 5.41) is 2.94. The van der Waals surface area contributed by atoms with E-state index in [1.807, 2.05) is 35.2 Å². The lowest BCUT2D eigenvalue weighted by Crippen LogP contribution is -2.56. The Balaban J connectivity index is 1.52. The van der Waals surface area contributed by atoms with Crippen LogP contribution in [0.5, 0.6) is 5.75 Å². The standard InChI is InChI=1S/C23H27N3O4/c1-29-20-9-7-19(8-10-20)24-22(28)25-13-11-21(27)26(15-18-5-3-2-4-6-18)23(16-25)12-14-30-17-23/h2-10H,11-17H2,1H3,(H,24,28). The van der Waals surface area contributed by atoms with Crippen LogP contribution in [-0.2, 0) is 16.1 Å². The molecule has 158 valence electrons. The van der Waals surface area contributed by atoms with Crippen molar-refractivity contribution >= 4 is 17.6 Å². The van der Waals surface area contributed by atoms with Gasteiger partial charge in [-0.15, -0.1) is 0 Å². The summed E-state index contributed by atoms with van der Waals surface area (Å²) in [5.74, 6) is 0.788. The minimum atomic E-state index is -0.499. The van der Waals surface area contributed by atoms with Crippen molar-refractivity contribution in [1.29, 1.82) is 0 Å². The Morgan fingerprint density at radius 1 is 1.17 bits per heavy atom. The van der Waals surface area contributed by atoms with Crippen molar-refractivity contribution in [3.8, 4) is 5.75 Å². The van der Waals surface area contributed by atoms with E-state index in [1.165, 1.54) is 0 Å². The van der Waals surface area contributed by atoms with Gasteiger partial charge in [-0.25, -0.2) is 4.79 Å². The predicted octanol–water partition coefficient (Wildman–Crippen LogP) is 3.12. The summed E-state index contributed by atoms with van der Waals surface area (Å²) in [6.07, 6.45) is 1.02. The zero-order valence-electron chi connectivity index (χ0n) is 17.2. The average Bonchev–Trinajstić information content (AvgIpc) is 3.20. The van der Waals surface area contributed by atoms with Crippen LogP contribution < -0.4 is 10.1 Å². The number of hydrogen-bond donors (Lipinski definition) is 1. The van der Waals surface area contributed by atoms with E-state index in [0.717, 1.165) is 17.7 Å². The summed E-state index contributed by atoms with van der Waals surface area (Å²) >= 11 is 0. The van der Waals surface area contributed by atoms with Gasteiger partial charge in [0.05, 0.1) is 19.3 Å². The van der Waals surface area contributed by atoms with Crippen LogP contribution in [0, 0.1) is 0 Å². The monoisotopic (exact) mass is 409 g/mol. The molecule has 2 saturated heterocycles.